The van der Waals surface area contributed by atoms with Gasteiger partial charge in [0.1, 0.15) is 0 Å². The number of carboxylic acid groups (broad SMARTS) is 1. The summed E-state index contributed by atoms with van der Waals surface area (Å²) in [5.41, 5.74) is 0.500. The van der Waals surface area contributed by atoms with Gasteiger partial charge in [-0.15, -0.1) is 0 Å². The van der Waals surface area contributed by atoms with Crippen LogP contribution in [0.5, 0.6) is 0 Å². The van der Waals surface area contributed by atoms with E-state index >= 15 is 0 Å². The second-order valence-electron chi connectivity index (χ2n) is 4.50. The molecule has 90 valence electrons. The van der Waals surface area contributed by atoms with Crippen molar-refractivity contribution in [3.63, 3.8) is 0 Å². The van der Waals surface area contributed by atoms with Gasteiger partial charge in [-0.1, -0.05) is 12.1 Å². The van der Waals surface area contributed by atoms with Gasteiger partial charge >= 0.3 is 12.0 Å². The molecule has 17 heavy (non-hydrogen) atoms. The molecular formula is C12H14N2O3. The van der Waals surface area contributed by atoms with Crippen LogP contribution in [0.2, 0.25) is 0 Å². The van der Waals surface area contributed by atoms with E-state index in [0.29, 0.717) is 6.54 Å². The number of urea groups is 1. The number of carbonyl (C=O) groups excluding carboxylic acids is 1. The van der Waals surface area contributed by atoms with Crippen LogP contribution in [0.15, 0.2) is 24.3 Å². The third-order valence-electron chi connectivity index (χ3n) is 3.03. The Hall–Kier alpha value is -2.04. The lowest BCUT2D eigenvalue weighted by Crippen LogP contribution is -2.37. The van der Waals surface area contributed by atoms with Crippen molar-refractivity contribution in [2.75, 3.05) is 13.6 Å². The summed E-state index contributed by atoms with van der Waals surface area (Å²) in [6.07, 6.45) is 0. The van der Waals surface area contributed by atoms with Gasteiger partial charge in [0.15, 0.2) is 0 Å². The molecule has 1 heterocycles. The molecule has 2 N–H and O–H groups in total. The molecule has 1 saturated heterocycles. The zero-order chi connectivity index (χ0) is 12.6. The maximum Gasteiger partial charge on any atom is 0.335 e. The van der Waals surface area contributed by atoms with Crippen molar-refractivity contribution >= 4 is 12.0 Å². The number of aromatic carboxylic acids is 1. The number of benzene rings is 1. The lowest BCUT2D eigenvalue weighted by atomic mass is 9.91. The van der Waals surface area contributed by atoms with E-state index in [-0.39, 0.29) is 11.6 Å². The molecule has 0 aliphatic carbocycles. The number of nitrogens with one attached hydrogen (secondary N) is 1. The lowest BCUT2D eigenvalue weighted by Gasteiger charge is -2.23. The Labute approximate surface area is 99.0 Å². The first-order chi connectivity index (χ1) is 7.92. The maximum absolute atomic E-state index is 11.5. The summed E-state index contributed by atoms with van der Waals surface area (Å²) in [6, 6.07) is 6.51. The normalized spacial score (nSPS) is 23.6. The van der Waals surface area contributed by atoms with Gasteiger partial charge in [-0.05, 0) is 24.6 Å². The maximum atomic E-state index is 11.5. The molecule has 0 saturated carbocycles. The number of carboxylic acids is 1. The van der Waals surface area contributed by atoms with E-state index in [2.05, 4.69) is 5.32 Å². The molecule has 0 aromatic heterocycles. The molecule has 1 fully saturated rings. The first kappa shape index (κ1) is 11.4. The Balaban J connectivity index is 2.37. The predicted octanol–water partition coefficient (Wildman–Crippen LogP) is 1.26. The number of amides is 2. The fourth-order valence-corrected chi connectivity index (χ4v) is 2.08. The van der Waals surface area contributed by atoms with Crippen LogP contribution in [-0.4, -0.2) is 35.6 Å². The summed E-state index contributed by atoms with van der Waals surface area (Å²) in [6.45, 7) is 2.41. The highest BCUT2D eigenvalue weighted by molar-refractivity contribution is 5.88. The van der Waals surface area contributed by atoms with E-state index in [1.54, 1.807) is 24.1 Å². The predicted molar refractivity (Wildman–Crippen MR) is 61.9 cm³/mol. The Morgan fingerprint density at radius 1 is 1.53 bits per heavy atom. The molecule has 1 aromatic rings. The van der Waals surface area contributed by atoms with Crippen molar-refractivity contribution in [3.8, 4) is 0 Å². The minimum Gasteiger partial charge on any atom is -0.478 e. The second-order valence-corrected chi connectivity index (χ2v) is 4.50. The van der Waals surface area contributed by atoms with E-state index in [4.69, 9.17) is 5.11 Å². The minimum absolute atomic E-state index is 0.145. The second kappa shape index (κ2) is 3.76. The highest BCUT2D eigenvalue weighted by Crippen LogP contribution is 2.26. The van der Waals surface area contributed by atoms with Gasteiger partial charge in [-0.2, -0.15) is 0 Å². The zero-order valence-electron chi connectivity index (χ0n) is 9.73. The molecular weight excluding hydrogens is 220 g/mol. The molecule has 1 aliphatic rings. The number of carbonyl (C=O) groups is 2. The van der Waals surface area contributed by atoms with Gasteiger partial charge in [0.2, 0.25) is 0 Å². The van der Waals surface area contributed by atoms with Crippen molar-refractivity contribution in [2.45, 2.75) is 12.5 Å². The van der Waals surface area contributed by atoms with E-state index in [1.807, 2.05) is 13.0 Å². The fraction of sp³-hybridized carbons (Fsp3) is 0.333. The Morgan fingerprint density at radius 3 is 2.76 bits per heavy atom. The van der Waals surface area contributed by atoms with Gasteiger partial charge < -0.3 is 15.3 Å². The van der Waals surface area contributed by atoms with Gasteiger partial charge in [-0.3, -0.25) is 0 Å². The number of likely N-dealkylation sites (N-methyl/N-ethyl adjacent to an activating group) is 1. The number of rotatable bonds is 2. The molecule has 0 radical (unpaired) electrons. The monoisotopic (exact) mass is 234 g/mol. The van der Waals surface area contributed by atoms with E-state index in [1.165, 1.54) is 6.07 Å². The van der Waals surface area contributed by atoms with Crippen LogP contribution in [0.4, 0.5) is 4.79 Å². The fourth-order valence-electron chi connectivity index (χ4n) is 2.08. The largest absolute Gasteiger partial charge is 0.478 e. The number of hydrogen-bond acceptors (Lipinski definition) is 2. The summed E-state index contributed by atoms with van der Waals surface area (Å²) < 4.78 is 0. The standard InChI is InChI=1S/C12H14N2O3/c1-12(7-14(2)11(17)13-12)9-5-3-4-8(6-9)10(15)16/h3-6H,7H2,1-2H3,(H,13,17)(H,15,16). The van der Waals surface area contributed by atoms with Gasteiger partial charge in [0.05, 0.1) is 11.1 Å². The van der Waals surface area contributed by atoms with Gasteiger partial charge in [-0.25, -0.2) is 9.59 Å². The first-order valence-corrected chi connectivity index (χ1v) is 5.29. The highest BCUT2D eigenvalue weighted by Gasteiger charge is 2.38. The zero-order valence-corrected chi connectivity index (χ0v) is 9.73. The highest BCUT2D eigenvalue weighted by atomic mass is 16.4. The van der Waals surface area contributed by atoms with Crippen LogP contribution >= 0.6 is 0 Å². The Kier molecular flexibility index (Phi) is 2.53. The van der Waals surface area contributed by atoms with Crippen LogP contribution in [0.25, 0.3) is 0 Å². The van der Waals surface area contributed by atoms with Gasteiger partial charge in [0, 0.05) is 13.6 Å². The minimum atomic E-state index is -0.965. The van der Waals surface area contributed by atoms with Crippen LogP contribution in [0.1, 0.15) is 22.8 Å². The molecule has 1 unspecified atom stereocenters. The first-order valence-electron chi connectivity index (χ1n) is 5.29. The van der Waals surface area contributed by atoms with Crippen LogP contribution in [-0.2, 0) is 5.54 Å². The average molecular weight is 234 g/mol. The molecule has 0 bridgehead atoms. The number of nitrogens with zero attached hydrogens (tertiary/aromatic N) is 1. The molecule has 1 atom stereocenters. The molecule has 5 heteroatoms. The summed E-state index contributed by atoms with van der Waals surface area (Å²) in [4.78, 5) is 24.0. The van der Waals surface area contributed by atoms with E-state index in [9.17, 15) is 9.59 Å². The van der Waals surface area contributed by atoms with Crippen LogP contribution < -0.4 is 5.32 Å². The summed E-state index contributed by atoms with van der Waals surface area (Å²) in [5.74, 6) is -0.965. The Bertz CT molecular complexity index is 486. The molecule has 1 aromatic carbocycles. The quantitative estimate of drug-likeness (QED) is 0.809. The van der Waals surface area contributed by atoms with Crippen molar-refractivity contribution in [1.29, 1.82) is 0 Å². The van der Waals surface area contributed by atoms with Gasteiger partial charge in [0.25, 0.3) is 0 Å². The summed E-state index contributed by atoms with van der Waals surface area (Å²) in [7, 11) is 1.71. The third kappa shape index (κ3) is 1.95. The van der Waals surface area contributed by atoms with E-state index in [0.717, 1.165) is 5.56 Å². The van der Waals surface area contributed by atoms with Crippen molar-refractivity contribution < 1.29 is 14.7 Å². The number of hydrogen-bond donors (Lipinski definition) is 2. The third-order valence-corrected chi connectivity index (χ3v) is 3.03. The average Bonchev–Trinajstić information content (AvgIpc) is 2.54. The van der Waals surface area contributed by atoms with Crippen molar-refractivity contribution in [2.24, 2.45) is 0 Å². The van der Waals surface area contributed by atoms with E-state index < -0.39 is 11.5 Å². The van der Waals surface area contributed by atoms with Crippen LogP contribution in [0, 0.1) is 0 Å². The molecule has 1 aliphatic heterocycles. The topological polar surface area (TPSA) is 69.6 Å². The Morgan fingerprint density at radius 2 is 2.24 bits per heavy atom. The molecule has 2 rings (SSSR count). The molecule has 0 spiro atoms. The summed E-state index contributed by atoms with van der Waals surface area (Å²) >= 11 is 0. The lowest BCUT2D eigenvalue weighted by molar-refractivity contribution is 0.0696. The van der Waals surface area contributed by atoms with Crippen molar-refractivity contribution in [1.82, 2.24) is 10.2 Å². The molecule has 2 amide bonds. The SMILES string of the molecule is CN1CC(C)(c2cccc(C(=O)O)c2)NC1=O. The smallest absolute Gasteiger partial charge is 0.335 e. The van der Waals surface area contributed by atoms with Crippen molar-refractivity contribution in [3.05, 3.63) is 35.4 Å². The summed E-state index contributed by atoms with van der Waals surface area (Å²) in [5, 5.41) is 11.8. The molecule has 5 nitrogen and oxygen atoms in total. The van der Waals surface area contributed by atoms with Crippen LogP contribution in [0.3, 0.4) is 0 Å².